The van der Waals surface area contributed by atoms with Crippen LogP contribution in [0.4, 0.5) is 22.0 Å². The summed E-state index contributed by atoms with van der Waals surface area (Å²) in [6.45, 7) is 2.24. The Balaban J connectivity index is 3.81. The van der Waals surface area contributed by atoms with Crippen LogP contribution in [-0.2, 0) is 0 Å². The molecular formula is C10H16F5N. The van der Waals surface area contributed by atoms with Gasteiger partial charge in [-0.3, -0.25) is 0 Å². The summed E-state index contributed by atoms with van der Waals surface area (Å²) in [5.41, 5.74) is -0.645. The minimum Gasteiger partial charge on any atom is -0.309 e. The number of hydrogen-bond acceptors (Lipinski definition) is 1. The van der Waals surface area contributed by atoms with E-state index in [0.29, 0.717) is 6.42 Å². The molecule has 0 fully saturated rings. The topological polar surface area (TPSA) is 12.0 Å². The maximum Gasteiger partial charge on any atom is 0.412 e. The lowest BCUT2D eigenvalue weighted by Crippen LogP contribution is -2.30. The fourth-order valence-electron chi connectivity index (χ4n) is 1.06. The van der Waals surface area contributed by atoms with E-state index in [4.69, 9.17) is 0 Å². The summed E-state index contributed by atoms with van der Waals surface area (Å²) >= 11 is 0. The van der Waals surface area contributed by atoms with Gasteiger partial charge in [0.1, 0.15) is 0 Å². The van der Waals surface area contributed by atoms with Crippen LogP contribution >= 0.6 is 0 Å². The quantitative estimate of drug-likeness (QED) is 0.557. The summed E-state index contributed by atoms with van der Waals surface area (Å²) in [5, 5.41) is 2.53. The van der Waals surface area contributed by atoms with E-state index in [1.165, 1.54) is 0 Å². The Labute approximate surface area is 91.7 Å². The van der Waals surface area contributed by atoms with Crippen molar-refractivity contribution in [2.24, 2.45) is 0 Å². The zero-order valence-corrected chi connectivity index (χ0v) is 9.24. The van der Waals surface area contributed by atoms with Gasteiger partial charge >= 0.3 is 6.18 Å². The lowest BCUT2D eigenvalue weighted by molar-refractivity contribution is -0.0915. The van der Waals surface area contributed by atoms with Gasteiger partial charge in [0.2, 0.25) is 0 Å². The van der Waals surface area contributed by atoms with Crippen molar-refractivity contribution in [2.45, 2.75) is 45.3 Å². The van der Waals surface area contributed by atoms with Crippen LogP contribution < -0.4 is 5.32 Å². The number of alkyl halides is 5. The van der Waals surface area contributed by atoms with Gasteiger partial charge in [-0.05, 0) is 26.7 Å². The van der Waals surface area contributed by atoms with Crippen LogP contribution in [0.5, 0.6) is 0 Å². The van der Waals surface area contributed by atoms with Crippen LogP contribution in [0, 0.1) is 0 Å². The Morgan fingerprint density at radius 2 is 1.88 bits per heavy atom. The van der Waals surface area contributed by atoms with Gasteiger partial charge in [-0.15, -0.1) is 0 Å². The van der Waals surface area contributed by atoms with E-state index in [1.54, 1.807) is 6.92 Å². The average Bonchev–Trinajstić information content (AvgIpc) is 2.13. The minimum atomic E-state index is -4.29. The van der Waals surface area contributed by atoms with E-state index < -0.39 is 24.7 Å². The molecule has 0 amide bonds. The molecule has 0 aliphatic carbocycles. The zero-order valence-electron chi connectivity index (χ0n) is 9.24. The highest BCUT2D eigenvalue weighted by Gasteiger charge is 2.29. The van der Waals surface area contributed by atoms with E-state index in [0.717, 1.165) is 13.0 Å². The van der Waals surface area contributed by atoms with Crippen molar-refractivity contribution >= 4 is 0 Å². The molecule has 0 aliphatic rings. The monoisotopic (exact) mass is 245 g/mol. The van der Waals surface area contributed by atoms with Crippen LogP contribution in [0.25, 0.3) is 0 Å². The predicted octanol–water partition coefficient (Wildman–Crippen LogP) is 3.52. The van der Waals surface area contributed by atoms with Gasteiger partial charge < -0.3 is 5.32 Å². The summed E-state index contributed by atoms with van der Waals surface area (Å²) in [7, 11) is 0. The summed E-state index contributed by atoms with van der Waals surface area (Å²) in [5.74, 6) is 0. The van der Waals surface area contributed by atoms with Crippen molar-refractivity contribution < 1.29 is 22.0 Å². The van der Waals surface area contributed by atoms with Crippen LogP contribution in [0.1, 0.15) is 26.7 Å². The van der Waals surface area contributed by atoms with Crippen LogP contribution in [0.2, 0.25) is 0 Å². The lowest BCUT2D eigenvalue weighted by Gasteiger charge is -2.12. The number of allylic oxidation sites excluding steroid dienone is 2. The largest absolute Gasteiger partial charge is 0.412 e. The van der Waals surface area contributed by atoms with Crippen molar-refractivity contribution in [3.8, 4) is 0 Å². The third-order valence-corrected chi connectivity index (χ3v) is 2.12. The molecule has 0 saturated heterocycles. The van der Waals surface area contributed by atoms with Gasteiger partial charge in [0.25, 0.3) is 6.43 Å². The van der Waals surface area contributed by atoms with Crippen molar-refractivity contribution in [3.63, 3.8) is 0 Å². The van der Waals surface area contributed by atoms with Gasteiger partial charge in [0.05, 0.1) is 6.54 Å². The SMILES string of the molecule is C/C(=C\CCC(C)NCC(F)F)C(F)(F)F. The second-order valence-corrected chi connectivity index (χ2v) is 3.66. The van der Waals surface area contributed by atoms with E-state index in [2.05, 4.69) is 5.32 Å². The van der Waals surface area contributed by atoms with Gasteiger partial charge in [0, 0.05) is 11.6 Å². The summed E-state index contributed by atoms with van der Waals surface area (Å²) in [6.07, 6.45) is -5.02. The molecule has 0 heterocycles. The third-order valence-electron chi connectivity index (χ3n) is 2.12. The normalized spacial score (nSPS) is 15.6. The molecule has 0 bridgehead atoms. The highest BCUT2D eigenvalue weighted by molar-refractivity contribution is 5.04. The summed E-state index contributed by atoms with van der Waals surface area (Å²) in [4.78, 5) is 0. The zero-order chi connectivity index (χ0) is 12.8. The van der Waals surface area contributed by atoms with Crippen LogP contribution in [0.15, 0.2) is 11.6 Å². The molecule has 0 saturated carbocycles. The maximum absolute atomic E-state index is 12.0. The first-order valence-electron chi connectivity index (χ1n) is 4.99. The average molecular weight is 245 g/mol. The first kappa shape index (κ1) is 15.3. The smallest absolute Gasteiger partial charge is 0.309 e. The number of nitrogens with one attached hydrogen (secondary N) is 1. The van der Waals surface area contributed by atoms with Crippen molar-refractivity contribution in [3.05, 3.63) is 11.6 Å². The molecule has 1 nitrogen and oxygen atoms in total. The van der Waals surface area contributed by atoms with E-state index in [1.807, 2.05) is 0 Å². The Kier molecular flexibility index (Phi) is 6.55. The molecule has 1 atom stereocenters. The summed E-state index contributed by atoms with van der Waals surface area (Å²) < 4.78 is 59.7. The second-order valence-electron chi connectivity index (χ2n) is 3.66. The molecule has 0 radical (unpaired) electrons. The van der Waals surface area contributed by atoms with Crippen LogP contribution in [-0.4, -0.2) is 25.2 Å². The molecule has 0 aliphatic heterocycles. The van der Waals surface area contributed by atoms with Gasteiger partial charge in [-0.2, -0.15) is 13.2 Å². The Morgan fingerprint density at radius 1 is 1.31 bits per heavy atom. The van der Waals surface area contributed by atoms with Gasteiger partial charge in [-0.1, -0.05) is 6.08 Å². The standard InChI is InChI=1S/C10H16F5N/c1-7(10(13,14)15)4-3-5-8(2)16-6-9(11)12/h4,8-9,16H,3,5-6H2,1-2H3/b7-4+. The van der Waals surface area contributed by atoms with E-state index in [9.17, 15) is 22.0 Å². The number of rotatable bonds is 6. The molecule has 16 heavy (non-hydrogen) atoms. The van der Waals surface area contributed by atoms with Crippen LogP contribution in [0.3, 0.4) is 0 Å². The first-order valence-corrected chi connectivity index (χ1v) is 4.99. The van der Waals surface area contributed by atoms with Gasteiger partial charge in [-0.25, -0.2) is 8.78 Å². The molecule has 0 spiro atoms. The summed E-state index contributed by atoms with van der Waals surface area (Å²) in [6, 6.07) is -0.216. The molecule has 0 aromatic heterocycles. The Morgan fingerprint density at radius 3 is 2.31 bits per heavy atom. The highest BCUT2D eigenvalue weighted by atomic mass is 19.4. The Hall–Kier alpha value is -0.650. The Bertz CT molecular complexity index is 222. The molecule has 6 heteroatoms. The lowest BCUT2D eigenvalue weighted by atomic mass is 10.1. The fraction of sp³-hybridized carbons (Fsp3) is 0.800. The van der Waals surface area contributed by atoms with Crippen molar-refractivity contribution in [1.82, 2.24) is 5.32 Å². The van der Waals surface area contributed by atoms with E-state index >= 15 is 0 Å². The molecule has 1 unspecified atom stereocenters. The van der Waals surface area contributed by atoms with Crippen molar-refractivity contribution in [2.75, 3.05) is 6.54 Å². The maximum atomic E-state index is 12.0. The van der Waals surface area contributed by atoms with E-state index in [-0.39, 0.29) is 12.5 Å². The first-order chi connectivity index (χ1) is 7.23. The second kappa shape index (κ2) is 6.83. The third kappa shape index (κ3) is 7.62. The predicted molar refractivity (Wildman–Crippen MR) is 52.5 cm³/mol. The highest BCUT2D eigenvalue weighted by Crippen LogP contribution is 2.25. The fourth-order valence-corrected chi connectivity index (χ4v) is 1.06. The molecule has 0 aromatic rings. The molecule has 96 valence electrons. The molecule has 0 aromatic carbocycles. The molecule has 1 N–H and O–H groups in total. The minimum absolute atomic E-state index is 0.216. The number of halogens is 5. The van der Waals surface area contributed by atoms with Crippen molar-refractivity contribution in [1.29, 1.82) is 0 Å². The van der Waals surface area contributed by atoms with Gasteiger partial charge in [0.15, 0.2) is 0 Å². The molecular weight excluding hydrogens is 229 g/mol. The molecule has 0 rings (SSSR count). The number of hydrogen-bond donors (Lipinski definition) is 1.